The number of hydrogen-bond acceptors (Lipinski definition) is 3. The standard InChI is InChI=1S/C21H28N2O3/c1-14(15-7-8-15)12-19(24)22-17-10-9-16-6-5-11-23(18(16)13-17)20(25)26-21(2,3)4/h9-10,12-13,15H,5-8,11H2,1-4H3,(H,22,24)/b14-12-. The Balaban J connectivity index is 1.76. The van der Waals surface area contributed by atoms with Crippen LogP contribution in [0.5, 0.6) is 0 Å². The normalized spacial score (nSPS) is 17.5. The number of nitrogens with one attached hydrogen (secondary N) is 1. The molecule has 1 aromatic carbocycles. The van der Waals surface area contributed by atoms with Gasteiger partial charge in [-0.25, -0.2) is 4.79 Å². The Morgan fingerprint density at radius 3 is 2.65 bits per heavy atom. The molecule has 1 aromatic rings. The van der Waals surface area contributed by atoms with Crippen LogP contribution < -0.4 is 10.2 Å². The second kappa shape index (κ2) is 7.14. The van der Waals surface area contributed by atoms with Crippen molar-refractivity contribution in [3.05, 3.63) is 35.4 Å². The van der Waals surface area contributed by atoms with E-state index in [4.69, 9.17) is 4.74 Å². The molecule has 1 aliphatic heterocycles. The highest BCUT2D eigenvalue weighted by atomic mass is 16.6. The van der Waals surface area contributed by atoms with Crippen molar-refractivity contribution in [3.8, 4) is 0 Å². The molecular weight excluding hydrogens is 328 g/mol. The third kappa shape index (κ3) is 4.65. The van der Waals surface area contributed by atoms with E-state index < -0.39 is 5.60 Å². The summed E-state index contributed by atoms with van der Waals surface area (Å²) < 4.78 is 5.53. The lowest BCUT2D eigenvalue weighted by atomic mass is 10.0. The van der Waals surface area contributed by atoms with Gasteiger partial charge in [0, 0.05) is 18.3 Å². The highest BCUT2D eigenvalue weighted by Crippen LogP contribution is 2.36. The van der Waals surface area contributed by atoms with Crippen molar-refractivity contribution < 1.29 is 14.3 Å². The van der Waals surface area contributed by atoms with Gasteiger partial charge in [-0.15, -0.1) is 0 Å². The number of fused-ring (bicyclic) bond motifs is 1. The molecule has 0 bridgehead atoms. The first-order valence-corrected chi connectivity index (χ1v) is 9.35. The summed E-state index contributed by atoms with van der Waals surface area (Å²) in [6.45, 7) is 8.22. The lowest BCUT2D eigenvalue weighted by Crippen LogP contribution is -2.39. The van der Waals surface area contributed by atoms with Gasteiger partial charge in [-0.3, -0.25) is 9.69 Å². The number of aryl methyl sites for hydroxylation is 1. The van der Waals surface area contributed by atoms with E-state index in [0.717, 1.165) is 29.7 Å². The summed E-state index contributed by atoms with van der Waals surface area (Å²) in [5.74, 6) is 0.459. The molecule has 3 rings (SSSR count). The molecule has 1 heterocycles. The molecule has 5 heteroatoms. The number of carbonyl (C=O) groups is 2. The monoisotopic (exact) mass is 356 g/mol. The van der Waals surface area contributed by atoms with Gasteiger partial charge in [0.2, 0.25) is 5.91 Å². The molecule has 0 radical (unpaired) electrons. The molecule has 140 valence electrons. The first-order chi connectivity index (χ1) is 12.2. The predicted octanol–water partition coefficient (Wildman–Crippen LogP) is 4.67. The van der Waals surface area contributed by atoms with Crippen molar-refractivity contribution >= 4 is 23.4 Å². The van der Waals surface area contributed by atoms with Crippen molar-refractivity contribution in [3.63, 3.8) is 0 Å². The first kappa shape index (κ1) is 18.5. The molecule has 2 amide bonds. The van der Waals surface area contributed by atoms with Gasteiger partial charge in [0.1, 0.15) is 5.60 Å². The zero-order chi connectivity index (χ0) is 18.9. The van der Waals surface area contributed by atoms with E-state index in [2.05, 4.69) is 5.32 Å². The van der Waals surface area contributed by atoms with Crippen LogP contribution in [0.25, 0.3) is 0 Å². The number of hydrogen-bond donors (Lipinski definition) is 1. The average molecular weight is 356 g/mol. The first-order valence-electron chi connectivity index (χ1n) is 9.35. The number of amides is 2. The highest BCUT2D eigenvalue weighted by Gasteiger charge is 2.28. The number of benzene rings is 1. The Kier molecular flexibility index (Phi) is 5.08. The summed E-state index contributed by atoms with van der Waals surface area (Å²) in [6.07, 6.45) is 5.53. The molecule has 1 aliphatic carbocycles. The molecule has 2 aliphatic rings. The van der Waals surface area contributed by atoms with Gasteiger partial charge in [0.05, 0.1) is 5.69 Å². The van der Waals surface area contributed by atoms with Crippen LogP contribution in [-0.2, 0) is 16.0 Å². The maximum Gasteiger partial charge on any atom is 0.414 e. The fraction of sp³-hybridized carbons (Fsp3) is 0.524. The topological polar surface area (TPSA) is 58.6 Å². The minimum atomic E-state index is -0.536. The molecule has 0 unspecified atom stereocenters. The van der Waals surface area contributed by atoms with Crippen LogP contribution in [0.1, 0.15) is 52.5 Å². The number of rotatable bonds is 3. The Bertz CT molecular complexity index is 742. The maximum atomic E-state index is 12.5. The minimum Gasteiger partial charge on any atom is -0.443 e. The summed E-state index contributed by atoms with van der Waals surface area (Å²) in [5.41, 5.74) is 3.22. The fourth-order valence-electron chi connectivity index (χ4n) is 3.20. The van der Waals surface area contributed by atoms with Crippen LogP contribution in [-0.4, -0.2) is 24.1 Å². The van der Waals surface area contributed by atoms with Gasteiger partial charge in [0.15, 0.2) is 0 Å². The number of nitrogens with zero attached hydrogens (tertiary/aromatic N) is 1. The molecular formula is C21H28N2O3. The third-order valence-electron chi connectivity index (χ3n) is 4.67. The van der Waals surface area contributed by atoms with Crippen LogP contribution in [0.3, 0.4) is 0 Å². The van der Waals surface area contributed by atoms with E-state index in [9.17, 15) is 9.59 Å². The molecule has 0 atom stereocenters. The quantitative estimate of drug-likeness (QED) is 0.801. The largest absolute Gasteiger partial charge is 0.443 e. The van der Waals surface area contributed by atoms with E-state index in [1.165, 1.54) is 12.8 Å². The zero-order valence-electron chi connectivity index (χ0n) is 16.1. The van der Waals surface area contributed by atoms with Gasteiger partial charge in [-0.2, -0.15) is 0 Å². The van der Waals surface area contributed by atoms with Crippen LogP contribution in [0.4, 0.5) is 16.2 Å². The van der Waals surface area contributed by atoms with Gasteiger partial charge < -0.3 is 10.1 Å². The van der Waals surface area contributed by atoms with Gasteiger partial charge in [0.25, 0.3) is 0 Å². The number of ether oxygens (including phenoxy) is 1. The Labute approximate surface area is 155 Å². The Hall–Kier alpha value is -2.30. The average Bonchev–Trinajstić information content (AvgIpc) is 3.37. The van der Waals surface area contributed by atoms with Gasteiger partial charge >= 0.3 is 6.09 Å². The Morgan fingerprint density at radius 2 is 2.00 bits per heavy atom. The number of carbonyl (C=O) groups excluding carboxylic acids is 2. The maximum absolute atomic E-state index is 12.5. The molecule has 5 nitrogen and oxygen atoms in total. The van der Waals surface area contributed by atoms with Crippen molar-refractivity contribution in [1.82, 2.24) is 0 Å². The van der Waals surface area contributed by atoms with E-state index in [-0.39, 0.29) is 12.0 Å². The summed E-state index contributed by atoms with van der Waals surface area (Å²) in [7, 11) is 0. The molecule has 1 fully saturated rings. The third-order valence-corrected chi connectivity index (χ3v) is 4.67. The summed E-state index contributed by atoms with van der Waals surface area (Å²) in [6, 6.07) is 5.76. The van der Waals surface area contributed by atoms with E-state index in [1.54, 1.807) is 11.0 Å². The molecule has 0 aromatic heterocycles. The van der Waals surface area contributed by atoms with Gasteiger partial charge in [-0.05, 0) is 77.0 Å². The fourth-order valence-corrected chi connectivity index (χ4v) is 3.20. The van der Waals surface area contributed by atoms with Crippen molar-refractivity contribution in [1.29, 1.82) is 0 Å². The van der Waals surface area contributed by atoms with E-state index in [0.29, 0.717) is 18.2 Å². The van der Waals surface area contributed by atoms with Crippen molar-refractivity contribution in [2.24, 2.45) is 5.92 Å². The summed E-state index contributed by atoms with van der Waals surface area (Å²) in [4.78, 5) is 26.4. The van der Waals surface area contributed by atoms with E-state index >= 15 is 0 Å². The van der Waals surface area contributed by atoms with Crippen LogP contribution in [0.2, 0.25) is 0 Å². The SMILES string of the molecule is C/C(=C/C(=O)Nc1ccc2c(c1)N(C(=O)OC(C)(C)C)CCC2)C1CC1. The van der Waals surface area contributed by atoms with Crippen LogP contribution in [0.15, 0.2) is 29.8 Å². The highest BCUT2D eigenvalue weighted by molar-refractivity contribution is 6.00. The van der Waals surface area contributed by atoms with Crippen molar-refractivity contribution in [2.75, 3.05) is 16.8 Å². The second-order valence-corrected chi connectivity index (χ2v) is 8.23. The summed E-state index contributed by atoms with van der Waals surface area (Å²) in [5, 5.41) is 2.92. The molecule has 1 N–H and O–H groups in total. The lowest BCUT2D eigenvalue weighted by molar-refractivity contribution is -0.112. The molecule has 0 spiro atoms. The smallest absolute Gasteiger partial charge is 0.414 e. The lowest BCUT2D eigenvalue weighted by Gasteiger charge is -2.32. The zero-order valence-corrected chi connectivity index (χ0v) is 16.1. The Morgan fingerprint density at radius 1 is 1.27 bits per heavy atom. The second-order valence-electron chi connectivity index (χ2n) is 8.23. The molecule has 0 saturated heterocycles. The van der Waals surface area contributed by atoms with Crippen molar-refractivity contribution in [2.45, 2.75) is 59.0 Å². The minimum absolute atomic E-state index is 0.117. The summed E-state index contributed by atoms with van der Waals surface area (Å²) >= 11 is 0. The predicted molar refractivity (Wildman–Crippen MR) is 103 cm³/mol. The molecule has 26 heavy (non-hydrogen) atoms. The van der Waals surface area contributed by atoms with Crippen LogP contribution >= 0.6 is 0 Å². The van der Waals surface area contributed by atoms with Gasteiger partial charge in [-0.1, -0.05) is 11.6 Å². The van der Waals surface area contributed by atoms with E-state index in [1.807, 2.05) is 45.9 Å². The number of allylic oxidation sites excluding steroid dienone is 1. The van der Waals surface area contributed by atoms with Crippen LogP contribution in [0, 0.1) is 5.92 Å². The number of anilines is 2. The molecule has 1 saturated carbocycles.